The number of hydrogen-bond acceptors (Lipinski definition) is 2. The van der Waals surface area contributed by atoms with Gasteiger partial charge in [-0.05, 0) is 36.1 Å². The molecule has 0 aliphatic carbocycles. The first kappa shape index (κ1) is 18.0. The quantitative estimate of drug-likeness (QED) is 0.302. The van der Waals surface area contributed by atoms with Gasteiger partial charge in [0.1, 0.15) is 0 Å². The minimum absolute atomic E-state index is 0.297. The molecule has 4 heteroatoms. The van der Waals surface area contributed by atoms with Gasteiger partial charge in [-0.25, -0.2) is 4.79 Å². The summed E-state index contributed by atoms with van der Waals surface area (Å²) < 4.78 is 6.50. The Kier molecular flexibility index (Phi) is 4.36. The first-order chi connectivity index (χ1) is 14.2. The average Bonchev–Trinajstić information content (AvgIpc) is 3.13. The lowest BCUT2D eigenvalue weighted by atomic mass is 9.89. The molecule has 0 aliphatic rings. The molecule has 0 atom stereocenters. The number of aromatic nitrogens is 1. The number of aromatic amines is 1. The highest BCUT2D eigenvalue weighted by Crippen LogP contribution is 2.42. The van der Waals surface area contributed by atoms with Gasteiger partial charge in [0.15, 0.2) is 0 Å². The van der Waals surface area contributed by atoms with E-state index >= 15 is 0 Å². The second kappa shape index (κ2) is 7.05. The molecule has 0 fully saturated rings. The molecule has 1 N–H and O–H groups in total. The fraction of sp³-hybridized carbons (Fsp3) is 0.0800. The first-order valence-electron chi connectivity index (χ1n) is 9.57. The monoisotopic (exact) mass is 443 g/mol. The fourth-order valence-electron chi connectivity index (χ4n) is 4.10. The van der Waals surface area contributed by atoms with Crippen molar-refractivity contribution in [1.29, 1.82) is 0 Å². The topological polar surface area (TPSA) is 42.1 Å². The van der Waals surface area contributed by atoms with Gasteiger partial charge in [-0.1, -0.05) is 70.5 Å². The Hall–Kier alpha value is -3.11. The van der Waals surface area contributed by atoms with Crippen molar-refractivity contribution in [3.05, 3.63) is 82.8 Å². The lowest BCUT2D eigenvalue weighted by Gasteiger charge is -2.15. The highest BCUT2D eigenvalue weighted by atomic mass is 79.9. The molecule has 0 aliphatic heterocycles. The lowest BCUT2D eigenvalue weighted by molar-refractivity contribution is 0.0529. The number of fused-ring (bicyclic) bond motifs is 5. The molecular formula is C25H18BrNO2. The number of carbonyl (C=O) groups is 1. The predicted molar refractivity (Wildman–Crippen MR) is 122 cm³/mol. The standard InChI is InChI=1S/C25H18BrNO2/c1-2-29-25(28)23-17-7-3-4-8-18(17)24-22(19-9-5-6-10-20(19)27-24)21(23)15-11-13-16(26)14-12-15/h3-14,27H,2H2,1H3. The summed E-state index contributed by atoms with van der Waals surface area (Å²) in [5, 5.41) is 4.05. The third-order valence-corrected chi connectivity index (χ3v) is 5.81. The van der Waals surface area contributed by atoms with Crippen molar-refractivity contribution < 1.29 is 9.53 Å². The fourth-order valence-corrected chi connectivity index (χ4v) is 4.37. The smallest absolute Gasteiger partial charge is 0.339 e. The van der Waals surface area contributed by atoms with E-state index in [-0.39, 0.29) is 5.97 Å². The molecule has 0 spiro atoms. The Bertz CT molecular complexity index is 1380. The van der Waals surface area contributed by atoms with Gasteiger partial charge in [0.2, 0.25) is 0 Å². The van der Waals surface area contributed by atoms with Crippen LogP contribution in [0.3, 0.4) is 0 Å². The van der Waals surface area contributed by atoms with Crippen LogP contribution in [0.5, 0.6) is 0 Å². The molecule has 29 heavy (non-hydrogen) atoms. The first-order valence-corrected chi connectivity index (χ1v) is 10.4. The van der Waals surface area contributed by atoms with E-state index in [0.717, 1.165) is 48.2 Å². The van der Waals surface area contributed by atoms with Crippen LogP contribution in [0, 0.1) is 0 Å². The van der Waals surface area contributed by atoms with Gasteiger partial charge in [0.25, 0.3) is 0 Å². The minimum atomic E-state index is -0.297. The minimum Gasteiger partial charge on any atom is -0.462 e. The van der Waals surface area contributed by atoms with Crippen molar-refractivity contribution in [2.24, 2.45) is 0 Å². The van der Waals surface area contributed by atoms with E-state index in [0.29, 0.717) is 12.2 Å². The van der Waals surface area contributed by atoms with E-state index in [2.05, 4.69) is 39.1 Å². The zero-order valence-corrected chi connectivity index (χ0v) is 17.4. The normalized spacial score (nSPS) is 11.4. The third-order valence-electron chi connectivity index (χ3n) is 5.28. The van der Waals surface area contributed by atoms with E-state index < -0.39 is 0 Å². The summed E-state index contributed by atoms with van der Waals surface area (Å²) in [7, 11) is 0. The number of benzene rings is 4. The lowest BCUT2D eigenvalue weighted by Crippen LogP contribution is -2.08. The summed E-state index contributed by atoms with van der Waals surface area (Å²) in [6, 6.07) is 24.3. The van der Waals surface area contributed by atoms with Crippen LogP contribution in [0.1, 0.15) is 17.3 Å². The Labute approximate surface area is 176 Å². The molecule has 0 unspecified atom stereocenters. The number of halogens is 1. The van der Waals surface area contributed by atoms with Crippen LogP contribution in [0.4, 0.5) is 0 Å². The zero-order valence-electron chi connectivity index (χ0n) is 15.8. The summed E-state index contributed by atoms with van der Waals surface area (Å²) in [5.41, 5.74) is 4.58. The second-order valence-electron chi connectivity index (χ2n) is 6.94. The van der Waals surface area contributed by atoms with Crippen LogP contribution in [0.15, 0.2) is 77.3 Å². The molecule has 1 aromatic heterocycles. The third kappa shape index (κ3) is 2.83. The van der Waals surface area contributed by atoms with Crippen molar-refractivity contribution in [3.63, 3.8) is 0 Å². The van der Waals surface area contributed by atoms with E-state index in [1.165, 1.54) is 0 Å². The number of carbonyl (C=O) groups excluding carboxylic acids is 1. The van der Waals surface area contributed by atoms with Crippen molar-refractivity contribution >= 4 is 54.5 Å². The largest absolute Gasteiger partial charge is 0.462 e. The molecule has 142 valence electrons. The Morgan fingerprint density at radius 3 is 2.28 bits per heavy atom. The molecule has 3 nitrogen and oxygen atoms in total. The van der Waals surface area contributed by atoms with Gasteiger partial charge in [-0.2, -0.15) is 0 Å². The molecule has 5 aromatic rings. The van der Waals surface area contributed by atoms with Gasteiger partial charge in [0, 0.05) is 31.7 Å². The highest BCUT2D eigenvalue weighted by Gasteiger charge is 2.24. The molecule has 1 heterocycles. The summed E-state index contributed by atoms with van der Waals surface area (Å²) in [6.45, 7) is 2.17. The second-order valence-corrected chi connectivity index (χ2v) is 7.86. The van der Waals surface area contributed by atoms with Crippen molar-refractivity contribution in [3.8, 4) is 11.1 Å². The molecule has 0 radical (unpaired) electrons. The van der Waals surface area contributed by atoms with Gasteiger partial charge in [-0.15, -0.1) is 0 Å². The summed E-state index contributed by atoms with van der Waals surface area (Å²) in [4.78, 5) is 16.8. The summed E-state index contributed by atoms with van der Waals surface area (Å²) in [6.07, 6.45) is 0. The number of esters is 1. The van der Waals surface area contributed by atoms with Crippen LogP contribution in [-0.4, -0.2) is 17.6 Å². The summed E-state index contributed by atoms with van der Waals surface area (Å²) >= 11 is 3.51. The van der Waals surface area contributed by atoms with Crippen LogP contribution >= 0.6 is 15.9 Å². The highest BCUT2D eigenvalue weighted by molar-refractivity contribution is 9.10. The van der Waals surface area contributed by atoms with E-state index in [4.69, 9.17) is 4.74 Å². The molecule has 4 aromatic carbocycles. The molecule has 5 rings (SSSR count). The average molecular weight is 444 g/mol. The Balaban J connectivity index is 2.05. The molecule has 0 saturated carbocycles. The molecule has 0 saturated heterocycles. The van der Waals surface area contributed by atoms with Crippen molar-refractivity contribution in [1.82, 2.24) is 4.98 Å². The number of rotatable bonds is 3. The maximum Gasteiger partial charge on any atom is 0.339 e. The number of ether oxygens (including phenoxy) is 1. The van der Waals surface area contributed by atoms with E-state index in [9.17, 15) is 4.79 Å². The van der Waals surface area contributed by atoms with Crippen LogP contribution in [-0.2, 0) is 4.74 Å². The zero-order chi connectivity index (χ0) is 20.0. The van der Waals surface area contributed by atoms with Crippen molar-refractivity contribution in [2.45, 2.75) is 6.92 Å². The van der Waals surface area contributed by atoms with E-state index in [1.54, 1.807) is 0 Å². The van der Waals surface area contributed by atoms with Crippen LogP contribution in [0.25, 0.3) is 43.7 Å². The maximum atomic E-state index is 13.2. The molecular weight excluding hydrogens is 426 g/mol. The predicted octanol–water partition coefficient (Wildman–Crippen LogP) is 7.08. The number of para-hydroxylation sites is 1. The van der Waals surface area contributed by atoms with Gasteiger partial charge in [0.05, 0.1) is 17.7 Å². The van der Waals surface area contributed by atoms with Gasteiger partial charge >= 0.3 is 5.97 Å². The van der Waals surface area contributed by atoms with E-state index in [1.807, 2.05) is 61.5 Å². The SMILES string of the molecule is CCOC(=O)c1c(-c2ccc(Br)cc2)c2c3ccccc3[nH]c2c2ccccc12. The molecule has 0 bridgehead atoms. The van der Waals surface area contributed by atoms with Crippen LogP contribution in [0.2, 0.25) is 0 Å². The number of nitrogens with one attached hydrogen (secondary N) is 1. The van der Waals surface area contributed by atoms with Gasteiger partial charge < -0.3 is 9.72 Å². The Morgan fingerprint density at radius 2 is 1.55 bits per heavy atom. The van der Waals surface area contributed by atoms with Crippen molar-refractivity contribution in [2.75, 3.05) is 6.61 Å². The number of hydrogen-bond donors (Lipinski definition) is 1. The summed E-state index contributed by atoms with van der Waals surface area (Å²) in [5.74, 6) is -0.297. The Morgan fingerprint density at radius 1 is 0.897 bits per heavy atom. The maximum absolute atomic E-state index is 13.2. The number of H-pyrrole nitrogens is 1. The van der Waals surface area contributed by atoms with Gasteiger partial charge in [-0.3, -0.25) is 0 Å². The van der Waals surface area contributed by atoms with Crippen LogP contribution < -0.4 is 0 Å². The molecule has 0 amide bonds.